The van der Waals surface area contributed by atoms with Gasteiger partial charge in [0.25, 0.3) is 5.91 Å². The van der Waals surface area contributed by atoms with E-state index in [-0.39, 0.29) is 18.6 Å². The largest absolute Gasteiger partial charge is 0.486 e. The highest BCUT2D eigenvalue weighted by molar-refractivity contribution is 5.77. The molecule has 1 unspecified atom stereocenters. The summed E-state index contributed by atoms with van der Waals surface area (Å²) in [7, 11) is 0. The number of carbonyl (C=O) groups is 1. The van der Waals surface area contributed by atoms with Gasteiger partial charge >= 0.3 is 0 Å². The second-order valence-corrected chi connectivity index (χ2v) is 6.49. The first-order valence-electron chi connectivity index (χ1n) is 9.38. The maximum atomic E-state index is 12.6. The molecule has 0 fully saturated rings. The summed E-state index contributed by atoms with van der Waals surface area (Å²) in [6.07, 6.45) is 1.06. The number of carbonyl (C=O) groups excluding carboxylic acids is 1. The van der Waals surface area contributed by atoms with E-state index in [0.29, 0.717) is 37.1 Å². The van der Waals surface area contributed by atoms with E-state index >= 15 is 0 Å². The molecule has 29 heavy (non-hydrogen) atoms. The lowest BCUT2D eigenvalue weighted by Gasteiger charge is -2.30. The van der Waals surface area contributed by atoms with E-state index in [9.17, 15) is 4.79 Å². The van der Waals surface area contributed by atoms with Crippen LogP contribution in [0, 0.1) is 0 Å². The first-order chi connectivity index (χ1) is 14.2. The molecule has 0 saturated heterocycles. The molecular formula is C21H21N3O5. The molecule has 0 spiro atoms. The van der Waals surface area contributed by atoms with Crippen LogP contribution in [0.5, 0.6) is 17.2 Å². The summed E-state index contributed by atoms with van der Waals surface area (Å²) in [5.41, 5.74) is 0.783. The highest BCUT2D eigenvalue weighted by atomic mass is 16.6. The standard InChI is InChI=1S/C21H21N3O5/c1-2-24(11-17-12-27-18-5-3-4-6-19(18)29-17)20(25)13-26-16-9-7-15(8-10-16)21-23-22-14-28-21/h3-10,14,17H,2,11-13H2,1H3. The Labute approximate surface area is 168 Å². The fourth-order valence-electron chi connectivity index (χ4n) is 3.04. The number of likely N-dealkylation sites (N-methyl/N-ethyl adjacent to an activating group) is 1. The number of fused-ring (bicyclic) bond motifs is 1. The van der Waals surface area contributed by atoms with Gasteiger partial charge in [-0.1, -0.05) is 12.1 Å². The molecule has 1 amide bonds. The van der Waals surface area contributed by atoms with Crippen LogP contribution in [-0.2, 0) is 4.79 Å². The van der Waals surface area contributed by atoms with Crippen LogP contribution in [0.1, 0.15) is 6.92 Å². The summed E-state index contributed by atoms with van der Waals surface area (Å²) >= 11 is 0. The molecule has 8 nitrogen and oxygen atoms in total. The Balaban J connectivity index is 1.30. The SMILES string of the molecule is CCN(CC1COc2ccccc2O1)C(=O)COc1ccc(-c2nnco2)cc1. The van der Waals surface area contributed by atoms with Crippen molar-refractivity contribution in [1.29, 1.82) is 0 Å². The molecule has 1 atom stereocenters. The fraction of sp³-hybridized carbons (Fsp3) is 0.286. The lowest BCUT2D eigenvalue weighted by Crippen LogP contribution is -2.45. The number of hydrogen-bond acceptors (Lipinski definition) is 7. The molecule has 0 radical (unpaired) electrons. The molecule has 8 heteroatoms. The van der Waals surface area contributed by atoms with E-state index in [4.69, 9.17) is 18.6 Å². The predicted octanol–water partition coefficient (Wildman–Crippen LogP) is 2.80. The molecule has 2 heterocycles. The van der Waals surface area contributed by atoms with Gasteiger partial charge in [-0.05, 0) is 43.3 Å². The zero-order valence-corrected chi connectivity index (χ0v) is 16.0. The first kappa shape index (κ1) is 18.8. The van der Waals surface area contributed by atoms with Crippen molar-refractivity contribution in [1.82, 2.24) is 15.1 Å². The Bertz CT molecular complexity index is 943. The molecule has 4 rings (SSSR count). The number of ether oxygens (including phenoxy) is 3. The number of aromatic nitrogens is 2. The minimum absolute atomic E-state index is 0.0576. The molecular weight excluding hydrogens is 374 g/mol. The van der Waals surface area contributed by atoms with Crippen molar-refractivity contribution in [3.63, 3.8) is 0 Å². The number of benzene rings is 2. The molecule has 1 aliphatic rings. The van der Waals surface area contributed by atoms with Gasteiger partial charge in [-0.25, -0.2) is 0 Å². The summed E-state index contributed by atoms with van der Waals surface area (Å²) in [5.74, 6) is 2.33. The third-order valence-corrected chi connectivity index (χ3v) is 4.55. The summed E-state index contributed by atoms with van der Waals surface area (Å²) in [5, 5.41) is 7.51. The van der Waals surface area contributed by atoms with Gasteiger partial charge in [-0.3, -0.25) is 4.79 Å². The Hall–Kier alpha value is -3.55. The summed E-state index contributed by atoms with van der Waals surface area (Å²) in [6, 6.07) is 14.6. The molecule has 0 bridgehead atoms. The van der Waals surface area contributed by atoms with Crippen LogP contribution >= 0.6 is 0 Å². The molecule has 0 N–H and O–H groups in total. The molecule has 1 aliphatic heterocycles. The van der Waals surface area contributed by atoms with E-state index in [1.165, 1.54) is 6.39 Å². The average molecular weight is 395 g/mol. The lowest BCUT2D eigenvalue weighted by atomic mass is 10.2. The Kier molecular flexibility index (Phi) is 5.60. The molecule has 1 aromatic heterocycles. The van der Waals surface area contributed by atoms with E-state index in [1.54, 1.807) is 29.2 Å². The summed E-state index contributed by atoms with van der Waals surface area (Å²) in [6.45, 7) is 3.26. The zero-order chi connectivity index (χ0) is 20.1. The van der Waals surface area contributed by atoms with Crippen molar-refractivity contribution in [2.75, 3.05) is 26.3 Å². The van der Waals surface area contributed by atoms with Crippen LogP contribution in [0.4, 0.5) is 0 Å². The van der Waals surface area contributed by atoms with Gasteiger partial charge in [0.1, 0.15) is 12.4 Å². The van der Waals surface area contributed by atoms with Crippen molar-refractivity contribution < 1.29 is 23.4 Å². The van der Waals surface area contributed by atoms with Gasteiger partial charge in [0.15, 0.2) is 24.2 Å². The smallest absolute Gasteiger partial charge is 0.260 e. The molecule has 3 aromatic rings. The minimum Gasteiger partial charge on any atom is -0.486 e. The maximum absolute atomic E-state index is 12.6. The normalized spacial score (nSPS) is 15.0. The Morgan fingerprint density at radius 3 is 2.69 bits per heavy atom. The highest BCUT2D eigenvalue weighted by Crippen LogP contribution is 2.31. The number of nitrogens with zero attached hydrogens (tertiary/aromatic N) is 3. The predicted molar refractivity (Wildman–Crippen MR) is 104 cm³/mol. The van der Waals surface area contributed by atoms with Crippen LogP contribution < -0.4 is 14.2 Å². The van der Waals surface area contributed by atoms with Gasteiger partial charge in [0.2, 0.25) is 12.3 Å². The number of para-hydroxylation sites is 2. The van der Waals surface area contributed by atoms with Gasteiger partial charge in [0, 0.05) is 12.1 Å². The van der Waals surface area contributed by atoms with Gasteiger partial charge in [-0.2, -0.15) is 0 Å². The summed E-state index contributed by atoms with van der Waals surface area (Å²) < 4.78 is 22.5. The maximum Gasteiger partial charge on any atom is 0.260 e. The van der Waals surface area contributed by atoms with Crippen molar-refractivity contribution in [3.8, 4) is 28.7 Å². The highest BCUT2D eigenvalue weighted by Gasteiger charge is 2.25. The molecule has 2 aromatic carbocycles. The van der Waals surface area contributed by atoms with E-state index in [2.05, 4.69) is 10.2 Å². The Morgan fingerprint density at radius 1 is 1.17 bits per heavy atom. The topological polar surface area (TPSA) is 86.9 Å². The van der Waals surface area contributed by atoms with Crippen molar-refractivity contribution in [2.24, 2.45) is 0 Å². The Morgan fingerprint density at radius 2 is 1.97 bits per heavy atom. The molecule has 0 aliphatic carbocycles. The first-order valence-corrected chi connectivity index (χ1v) is 9.38. The zero-order valence-electron chi connectivity index (χ0n) is 16.0. The fourth-order valence-corrected chi connectivity index (χ4v) is 3.04. The third-order valence-electron chi connectivity index (χ3n) is 4.55. The number of rotatable bonds is 7. The van der Waals surface area contributed by atoms with E-state index < -0.39 is 0 Å². The van der Waals surface area contributed by atoms with Crippen LogP contribution in [0.2, 0.25) is 0 Å². The second kappa shape index (κ2) is 8.64. The molecule has 0 saturated carbocycles. The van der Waals surface area contributed by atoms with Gasteiger partial charge in [-0.15, -0.1) is 10.2 Å². The van der Waals surface area contributed by atoms with Gasteiger partial charge in [0.05, 0.1) is 6.54 Å². The number of hydrogen-bond donors (Lipinski definition) is 0. The minimum atomic E-state index is -0.220. The van der Waals surface area contributed by atoms with Crippen LogP contribution in [0.3, 0.4) is 0 Å². The van der Waals surface area contributed by atoms with Crippen LogP contribution in [0.15, 0.2) is 59.3 Å². The second-order valence-electron chi connectivity index (χ2n) is 6.49. The average Bonchev–Trinajstić information content (AvgIpc) is 3.31. The molecule has 150 valence electrons. The third kappa shape index (κ3) is 4.48. The quantitative estimate of drug-likeness (QED) is 0.608. The lowest BCUT2D eigenvalue weighted by molar-refractivity contribution is -0.134. The van der Waals surface area contributed by atoms with Crippen LogP contribution in [-0.4, -0.2) is 53.4 Å². The summed E-state index contributed by atoms with van der Waals surface area (Å²) in [4.78, 5) is 14.3. The van der Waals surface area contributed by atoms with Crippen LogP contribution in [0.25, 0.3) is 11.5 Å². The number of amides is 1. The monoisotopic (exact) mass is 395 g/mol. The van der Waals surface area contributed by atoms with Crippen molar-refractivity contribution in [2.45, 2.75) is 13.0 Å². The van der Waals surface area contributed by atoms with Gasteiger partial charge < -0.3 is 23.5 Å². The van der Waals surface area contributed by atoms with E-state index in [0.717, 1.165) is 11.3 Å². The van der Waals surface area contributed by atoms with Crippen molar-refractivity contribution in [3.05, 3.63) is 54.9 Å². The van der Waals surface area contributed by atoms with Crippen molar-refractivity contribution >= 4 is 5.91 Å². The van der Waals surface area contributed by atoms with E-state index in [1.807, 2.05) is 31.2 Å².